The van der Waals surface area contributed by atoms with E-state index in [0.29, 0.717) is 12.0 Å². The van der Waals surface area contributed by atoms with Crippen LogP contribution in [0.15, 0.2) is 18.3 Å². The Morgan fingerprint density at radius 2 is 2.18 bits per heavy atom. The van der Waals surface area contributed by atoms with E-state index >= 15 is 0 Å². The van der Waals surface area contributed by atoms with Crippen LogP contribution in [0.25, 0.3) is 0 Å². The van der Waals surface area contributed by atoms with Crippen molar-refractivity contribution in [3.8, 4) is 0 Å². The third-order valence-electron chi connectivity index (χ3n) is 3.46. The highest BCUT2D eigenvalue weighted by Gasteiger charge is 2.21. The molecule has 2 rings (SSSR count). The summed E-state index contributed by atoms with van der Waals surface area (Å²) in [6.07, 6.45) is 6.40. The highest BCUT2D eigenvalue weighted by atomic mass is 16.4. The van der Waals surface area contributed by atoms with Gasteiger partial charge in [0.15, 0.2) is 0 Å². The summed E-state index contributed by atoms with van der Waals surface area (Å²) in [5.74, 6) is 0.494. The molecule has 1 aromatic rings. The molecule has 4 nitrogen and oxygen atoms in total. The summed E-state index contributed by atoms with van der Waals surface area (Å²) in [6, 6.07) is 3.79. The number of hydrogen-bond acceptors (Lipinski definition) is 3. The van der Waals surface area contributed by atoms with Gasteiger partial charge in [-0.25, -0.2) is 9.78 Å². The van der Waals surface area contributed by atoms with Gasteiger partial charge in [0.05, 0.1) is 5.56 Å². The second-order valence-electron chi connectivity index (χ2n) is 4.75. The summed E-state index contributed by atoms with van der Waals surface area (Å²) in [4.78, 5) is 14.8. The number of nitrogens with one attached hydrogen (secondary N) is 1. The van der Waals surface area contributed by atoms with Crippen LogP contribution in [0.2, 0.25) is 0 Å². The Balaban J connectivity index is 2.00. The molecule has 1 saturated carbocycles. The molecule has 0 bridgehead atoms. The topological polar surface area (TPSA) is 62.2 Å². The molecule has 0 amide bonds. The van der Waals surface area contributed by atoms with Crippen molar-refractivity contribution < 1.29 is 9.90 Å². The Bertz CT molecular complexity index is 389. The molecule has 1 fully saturated rings. The van der Waals surface area contributed by atoms with Gasteiger partial charge in [0.2, 0.25) is 0 Å². The molecule has 17 heavy (non-hydrogen) atoms. The second-order valence-corrected chi connectivity index (χ2v) is 4.75. The summed E-state index contributed by atoms with van der Waals surface area (Å²) >= 11 is 0. The Labute approximate surface area is 101 Å². The fourth-order valence-corrected chi connectivity index (χ4v) is 2.33. The number of nitrogens with zero attached hydrogens (tertiary/aromatic N) is 1. The summed E-state index contributed by atoms with van der Waals surface area (Å²) in [5.41, 5.74) is 0.229. The van der Waals surface area contributed by atoms with Crippen LogP contribution in [0.1, 0.15) is 43.0 Å². The van der Waals surface area contributed by atoms with Crippen molar-refractivity contribution in [2.45, 2.75) is 38.6 Å². The lowest BCUT2D eigenvalue weighted by molar-refractivity contribution is 0.0696. The van der Waals surface area contributed by atoms with Crippen molar-refractivity contribution in [2.24, 2.45) is 5.92 Å². The largest absolute Gasteiger partial charge is 0.478 e. The number of carboxylic acids is 1. The van der Waals surface area contributed by atoms with E-state index < -0.39 is 5.97 Å². The van der Waals surface area contributed by atoms with Crippen LogP contribution in [-0.4, -0.2) is 22.1 Å². The minimum Gasteiger partial charge on any atom is -0.478 e. The maximum Gasteiger partial charge on any atom is 0.337 e. The van der Waals surface area contributed by atoms with E-state index in [1.807, 2.05) is 0 Å². The molecule has 0 aliphatic heterocycles. The van der Waals surface area contributed by atoms with Crippen LogP contribution in [0, 0.1) is 5.92 Å². The first-order chi connectivity index (χ1) is 8.16. The number of pyridine rings is 1. The Hall–Kier alpha value is -1.58. The molecule has 1 aliphatic carbocycles. The van der Waals surface area contributed by atoms with Gasteiger partial charge in [0.1, 0.15) is 5.82 Å². The highest BCUT2D eigenvalue weighted by Crippen LogP contribution is 2.26. The number of aromatic carboxylic acids is 1. The predicted molar refractivity (Wildman–Crippen MR) is 66.2 cm³/mol. The first-order valence-electron chi connectivity index (χ1n) is 6.12. The minimum atomic E-state index is -0.935. The van der Waals surface area contributed by atoms with Gasteiger partial charge in [0, 0.05) is 12.2 Å². The normalized spacial score (nSPS) is 24.3. The van der Waals surface area contributed by atoms with Crippen molar-refractivity contribution in [1.29, 1.82) is 0 Å². The molecular formula is C13H18N2O2. The van der Waals surface area contributed by atoms with Gasteiger partial charge in [-0.05, 0) is 30.9 Å². The summed E-state index contributed by atoms with van der Waals surface area (Å²) < 4.78 is 0. The van der Waals surface area contributed by atoms with E-state index in [-0.39, 0.29) is 5.56 Å². The van der Waals surface area contributed by atoms with Crippen LogP contribution >= 0.6 is 0 Å². The molecule has 2 unspecified atom stereocenters. The molecule has 0 radical (unpaired) electrons. The van der Waals surface area contributed by atoms with Gasteiger partial charge in [-0.1, -0.05) is 19.8 Å². The monoisotopic (exact) mass is 234 g/mol. The predicted octanol–water partition coefficient (Wildman–Crippen LogP) is 2.77. The molecule has 92 valence electrons. The number of aromatic nitrogens is 1. The van der Waals surface area contributed by atoms with Crippen LogP contribution in [0.3, 0.4) is 0 Å². The first-order valence-corrected chi connectivity index (χ1v) is 6.12. The van der Waals surface area contributed by atoms with Gasteiger partial charge in [0.25, 0.3) is 0 Å². The number of carbonyl (C=O) groups is 1. The van der Waals surface area contributed by atoms with Crippen molar-refractivity contribution >= 4 is 11.8 Å². The van der Waals surface area contributed by atoms with E-state index in [9.17, 15) is 4.79 Å². The number of carboxylic acid groups (broad SMARTS) is 1. The molecule has 2 atom stereocenters. The van der Waals surface area contributed by atoms with Crippen LogP contribution < -0.4 is 5.32 Å². The van der Waals surface area contributed by atoms with Crippen molar-refractivity contribution in [2.75, 3.05) is 5.32 Å². The SMILES string of the molecule is CC1CCCCC1Nc1ccc(C(=O)O)cn1. The van der Waals surface area contributed by atoms with E-state index in [4.69, 9.17) is 5.11 Å². The second kappa shape index (κ2) is 5.17. The maximum absolute atomic E-state index is 10.7. The van der Waals surface area contributed by atoms with Gasteiger partial charge in [-0.3, -0.25) is 0 Å². The quantitative estimate of drug-likeness (QED) is 0.844. The van der Waals surface area contributed by atoms with Crippen molar-refractivity contribution in [1.82, 2.24) is 4.98 Å². The molecule has 2 N–H and O–H groups in total. The highest BCUT2D eigenvalue weighted by molar-refractivity contribution is 5.87. The van der Waals surface area contributed by atoms with Gasteiger partial charge in [-0.15, -0.1) is 0 Å². The van der Waals surface area contributed by atoms with Crippen LogP contribution in [0.4, 0.5) is 5.82 Å². The molecule has 1 aliphatic rings. The molecule has 0 spiro atoms. The Kier molecular flexibility index (Phi) is 3.61. The zero-order valence-electron chi connectivity index (χ0n) is 10.0. The molecule has 1 aromatic heterocycles. The zero-order chi connectivity index (χ0) is 12.3. The van der Waals surface area contributed by atoms with Gasteiger partial charge < -0.3 is 10.4 Å². The lowest BCUT2D eigenvalue weighted by Gasteiger charge is -2.29. The Morgan fingerprint density at radius 3 is 2.76 bits per heavy atom. The van der Waals surface area contributed by atoms with Crippen LogP contribution in [-0.2, 0) is 0 Å². The fraction of sp³-hybridized carbons (Fsp3) is 0.538. The standard InChI is InChI=1S/C13H18N2O2/c1-9-4-2-3-5-11(9)15-12-7-6-10(8-14-12)13(16)17/h6-9,11H,2-5H2,1H3,(H,14,15)(H,16,17). The van der Waals surface area contributed by atoms with Crippen molar-refractivity contribution in [3.63, 3.8) is 0 Å². The van der Waals surface area contributed by atoms with E-state index in [0.717, 1.165) is 5.82 Å². The van der Waals surface area contributed by atoms with E-state index in [2.05, 4.69) is 17.2 Å². The van der Waals surface area contributed by atoms with Gasteiger partial charge in [-0.2, -0.15) is 0 Å². The zero-order valence-corrected chi connectivity index (χ0v) is 10.0. The van der Waals surface area contributed by atoms with Crippen molar-refractivity contribution in [3.05, 3.63) is 23.9 Å². The van der Waals surface area contributed by atoms with Gasteiger partial charge >= 0.3 is 5.97 Å². The third-order valence-corrected chi connectivity index (χ3v) is 3.46. The summed E-state index contributed by atoms with van der Waals surface area (Å²) in [5, 5.41) is 12.2. The minimum absolute atomic E-state index is 0.229. The van der Waals surface area contributed by atoms with E-state index in [1.165, 1.54) is 31.9 Å². The molecule has 1 heterocycles. The summed E-state index contributed by atoms with van der Waals surface area (Å²) in [7, 11) is 0. The number of anilines is 1. The average molecular weight is 234 g/mol. The molecule has 4 heteroatoms. The third kappa shape index (κ3) is 2.96. The fourth-order valence-electron chi connectivity index (χ4n) is 2.33. The first kappa shape index (κ1) is 11.9. The average Bonchev–Trinajstić information content (AvgIpc) is 2.33. The smallest absolute Gasteiger partial charge is 0.337 e. The molecular weight excluding hydrogens is 216 g/mol. The number of rotatable bonds is 3. The lowest BCUT2D eigenvalue weighted by atomic mass is 9.86. The molecule has 0 saturated heterocycles. The van der Waals surface area contributed by atoms with Crippen LogP contribution in [0.5, 0.6) is 0 Å². The number of hydrogen-bond donors (Lipinski definition) is 2. The Morgan fingerprint density at radius 1 is 1.41 bits per heavy atom. The maximum atomic E-state index is 10.7. The molecule has 0 aromatic carbocycles. The lowest BCUT2D eigenvalue weighted by Crippen LogP contribution is -2.30. The summed E-state index contributed by atoms with van der Waals surface area (Å²) in [6.45, 7) is 2.25. The van der Waals surface area contributed by atoms with E-state index in [1.54, 1.807) is 12.1 Å².